The summed E-state index contributed by atoms with van der Waals surface area (Å²) in [6.07, 6.45) is 0.439. The van der Waals surface area contributed by atoms with Crippen molar-refractivity contribution in [1.29, 1.82) is 0 Å². The molecule has 0 aliphatic heterocycles. The van der Waals surface area contributed by atoms with Gasteiger partial charge in [0, 0.05) is 23.6 Å². The van der Waals surface area contributed by atoms with Gasteiger partial charge in [-0.15, -0.1) is 0 Å². The molecule has 0 saturated heterocycles. The average Bonchev–Trinajstić information content (AvgIpc) is 2.22. The topological polar surface area (TPSA) is 51.2 Å². The average molecular weight is 280 g/mol. The van der Waals surface area contributed by atoms with Crippen LogP contribution in [-0.2, 0) is 20.4 Å². The second kappa shape index (κ2) is 5.51. The van der Waals surface area contributed by atoms with E-state index >= 15 is 0 Å². The molecule has 0 radical (unpaired) electrons. The number of hydrogen-bond acceptors (Lipinski definition) is 3. The molecule has 1 aromatic carbocycles. The molecule has 0 aromatic heterocycles. The van der Waals surface area contributed by atoms with Gasteiger partial charge in [0.25, 0.3) is 0 Å². The number of sulfone groups is 1. The van der Waals surface area contributed by atoms with E-state index in [1.807, 2.05) is 0 Å². The maximum atomic E-state index is 13.2. The van der Waals surface area contributed by atoms with Crippen molar-refractivity contribution in [2.24, 2.45) is 5.92 Å². The van der Waals surface area contributed by atoms with E-state index in [4.69, 9.17) is 0 Å². The van der Waals surface area contributed by atoms with Crippen molar-refractivity contribution in [3.8, 4) is 0 Å². The maximum absolute atomic E-state index is 13.2. The fourth-order valence-electron chi connectivity index (χ4n) is 1.43. The standard InChI is InChI=1S/C11H11F3O3S/c1-7(4-15)5-18(16,17)6-9-10(13)2-8(12)3-11(9)14/h2-4,7H,5-6H2,1H3/t7-/m1/s1. The molecule has 1 aromatic rings. The summed E-state index contributed by atoms with van der Waals surface area (Å²) in [6.45, 7) is 1.38. The number of carbonyl (C=O) groups excluding carboxylic acids is 1. The number of rotatable bonds is 5. The van der Waals surface area contributed by atoms with Crippen LogP contribution in [0.1, 0.15) is 12.5 Å². The summed E-state index contributed by atoms with van der Waals surface area (Å²) < 4.78 is 62.3. The molecular formula is C11H11F3O3S. The van der Waals surface area contributed by atoms with Gasteiger partial charge in [-0.3, -0.25) is 0 Å². The van der Waals surface area contributed by atoms with Crippen LogP contribution in [0.2, 0.25) is 0 Å². The molecule has 100 valence electrons. The van der Waals surface area contributed by atoms with Crippen molar-refractivity contribution in [3.05, 3.63) is 35.1 Å². The molecule has 0 fully saturated rings. The Bertz CT molecular complexity index is 532. The highest BCUT2D eigenvalue weighted by Gasteiger charge is 2.21. The lowest BCUT2D eigenvalue weighted by molar-refractivity contribution is -0.110. The first kappa shape index (κ1) is 14.7. The van der Waals surface area contributed by atoms with Gasteiger partial charge in [0.1, 0.15) is 23.7 Å². The highest BCUT2D eigenvalue weighted by Crippen LogP contribution is 2.18. The normalized spacial score (nSPS) is 13.3. The third kappa shape index (κ3) is 3.83. The van der Waals surface area contributed by atoms with Crippen molar-refractivity contribution in [2.45, 2.75) is 12.7 Å². The first-order valence-electron chi connectivity index (χ1n) is 5.04. The summed E-state index contributed by atoms with van der Waals surface area (Å²) in [6, 6.07) is 0.828. The van der Waals surface area contributed by atoms with E-state index in [2.05, 4.69) is 0 Å². The third-order valence-corrected chi connectivity index (χ3v) is 3.98. The minimum Gasteiger partial charge on any atom is -0.303 e. The highest BCUT2D eigenvalue weighted by molar-refractivity contribution is 7.90. The Morgan fingerprint density at radius 2 is 1.72 bits per heavy atom. The second-order valence-electron chi connectivity index (χ2n) is 4.02. The molecule has 0 aliphatic carbocycles. The number of benzene rings is 1. The Kier molecular flexibility index (Phi) is 4.50. The number of aldehydes is 1. The SMILES string of the molecule is C[C@H](C=O)CS(=O)(=O)Cc1c(F)cc(F)cc1F. The first-order valence-corrected chi connectivity index (χ1v) is 6.86. The molecular weight excluding hydrogens is 269 g/mol. The smallest absolute Gasteiger partial charge is 0.155 e. The molecule has 18 heavy (non-hydrogen) atoms. The van der Waals surface area contributed by atoms with E-state index in [0.717, 1.165) is 0 Å². The third-order valence-electron chi connectivity index (χ3n) is 2.22. The van der Waals surface area contributed by atoms with E-state index in [-0.39, 0.29) is 0 Å². The minimum atomic E-state index is -3.84. The molecule has 3 nitrogen and oxygen atoms in total. The zero-order valence-corrected chi connectivity index (χ0v) is 10.3. The first-order chi connectivity index (χ1) is 8.25. The molecule has 0 unspecified atom stereocenters. The highest BCUT2D eigenvalue weighted by atomic mass is 32.2. The van der Waals surface area contributed by atoms with Gasteiger partial charge >= 0.3 is 0 Å². The Morgan fingerprint density at radius 1 is 1.22 bits per heavy atom. The fraction of sp³-hybridized carbons (Fsp3) is 0.364. The largest absolute Gasteiger partial charge is 0.303 e. The van der Waals surface area contributed by atoms with Crippen LogP contribution in [0.3, 0.4) is 0 Å². The predicted octanol–water partition coefficient (Wildman–Crippen LogP) is 1.85. The monoisotopic (exact) mass is 280 g/mol. The number of hydrogen-bond donors (Lipinski definition) is 0. The van der Waals surface area contributed by atoms with Crippen LogP contribution in [0.4, 0.5) is 13.2 Å². The van der Waals surface area contributed by atoms with Crippen molar-refractivity contribution >= 4 is 16.1 Å². The molecule has 1 atom stereocenters. The Labute approximate surface area is 103 Å². The summed E-state index contributed by atoms with van der Waals surface area (Å²) in [5.41, 5.74) is -0.713. The molecule has 0 saturated carbocycles. The summed E-state index contributed by atoms with van der Waals surface area (Å²) in [5.74, 6) is -5.80. The zero-order valence-electron chi connectivity index (χ0n) is 9.49. The van der Waals surface area contributed by atoms with Gasteiger partial charge in [0.15, 0.2) is 9.84 Å². The van der Waals surface area contributed by atoms with Crippen LogP contribution in [-0.4, -0.2) is 20.5 Å². The van der Waals surface area contributed by atoms with Crippen LogP contribution in [0.5, 0.6) is 0 Å². The van der Waals surface area contributed by atoms with E-state index < -0.39 is 50.3 Å². The fourth-order valence-corrected chi connectivity index (χ4v) is 3.14. The molecule has 0 bridgehead atoms. The second-order valence-corrected chi connectivity index (χ2v) is 6.13. The van der Waals surface area contributed by atoms with E-state index in [1.165, 1.54) is 6.92 Å². The quantitative estimate of drug-likeness (QED) is 0.773. The van der Waals surface area contributed by atoms with Gasteiger partial charge in [0.05, 0.1) is 11.5 Å². The van der Waals surface area contributed by atoms with Gasteiger partial charge in [-0.2, -0.15) is 0 Å². The lowest BCUT2D eigenvalue weighted by Crippen LogP contribution is -2.18. The number of carbonyl (C=O) groups is 1. The Hall–Kier alpha value is -1.37. The molecule has 0 aliphatic rings. The van der Waals surface area contributed by atoms with Gasteiger partial charge in [-0.25, -0.2) is 21.6 Å². The van der Waals surface area contributed by atoms with Gasteiger partial charge in [0.2, 0.25) is 0 Å². The lowest BCUT2D eigenvalue weighted by Gasteiger charge is -2.08. The molecule has 0 spiro atoms. The van der Waals surface area contributed by atoms with E-state index in [9.17, 15) is 26.4 Å². The van der Waals surface area contributed by atoms with Crippen LogP contribution in [0, 0.1) is 23.4 Å². The van der Waals surface area contributed by atoms with Crippen molar-refractivity contribution in [1.82, 2.24) is 0 Å². The molecule has 1 rings (SSSR count). The summed E-state index contributed by atoms with van der Waals surface area (Å²) in [4.78, 5) is 10.4. The predicted molar refractivity (Wildman–Crippen MR) is 59.0 cm³/mol. The van der Waals surface area contributed by atoms with Gasteiger partial charge < -0.3 is 4.79 Å². The summed E-state index contributed by atoms with van der Waals surface area (Å²) >= 11 is 0. The molecule has 0 amide bonds. The zero-order chi connectivity index (χ0) is 13.9. The van der Waals surface area contributed by atoms with Crippen LogP contribution in [0.25, 0.3) is 0 Å². The lowest BCUT2D eigenvalue weighted by atomic mass is 10.2. The molecule has 7 heteroatoms. The van der Waals surface area contributed by atoms with E-state index in [0.29, 0.717) is 18.4 Å². The van der Waals surface area contributed by atoms with Crippen molar-refractivity contribution in [2.75, 3.05) is 5.75 Å². The summed E-state index contributed by atoms with van der Waals surface area (Å²) in [5, 5.41) is 0. The Morgan fingerprint density at radius 3 is 2.17 bits per heavy atom. The van der Waals surface area contributed by atoms with Crippen LogP contribution >= 0.6 is 0 Å². The Balaban J connectivity index is 3.01. The van der Waals surface area contributed by atoms with Gasteiger partial charge in [-0.1, -0.05) is 6.92 Å². The number of halogens is 3. The van der Waals surface area contributed by atoms with Crippen molar-refractivity contribution in [3.63, 3.8) is 0 Å². The van der Waals surface area contributed by atoms with Crippen molar-refractivity contribution < 1.29 is 26.4 Å². The molecule has 0 heterocycles. The van der Waals surface area contributed by atoms with Crippen LogP contribution in [0.15, 0.2) is 12.1 Å². The minimum absolute atomic E-state index is 0.414. The summed E-state index contributed by atoms with van der Waals surface area (Å²) in [7, 11) is -3.84. The van der Waals surface area contributed by atoms with Gasteiger partial charge in [-0.05, 0) is 0 Å². The van der Waals surface area contributed by atoms with Crippen LogP contribution < -0.4 is 0 Å². The maximum Gasteiger partial charge on any atom is 0.155 e. The van der Waals surface area contributed by atoms with E-state index in [1.54, 1.807) is 0 Å². The molecule has 0 N–H and O–H groups in total.